The van der Waals surface area contributed by atoms with Crippen LogP contribution in [-0.2, 0) is 4.79 Å². The minimum Gasteiger partial charge on any atom is -0.481 e. The van der Waals surface area contributed by atoms with Crippen LogP contribution in [0.15, 0.2) is 40.3 Å². The predicted molar refractivity (Wildman–Crippen MR) is 82.0 cm³/mol. The van der Waals surface area contributed by atoms with Crippen LogP contribution in [0.25, 0.3) is 0 Å². The first kappa shape index (κ1) is 15.6. The summed E-state index contributed by atoms with van der Waals surface area (Å²) in [7, 11) is 0. The molecule has 1 aromatic heterocycles. The monoisotopic (exact) mass is 320 g/mol. The third-order valence-electron chi connectivity index (χ3n) is 2.53. The molecule has 0 saturated heterocycles. The number of aromatic amines is 1. The fourth-order valence-electron chi connectivity index (χ4n) is 1.56. The van der Waals surface area contributed by atoms with Crippen LogP contribution < -0.4 is 16.6 Å². The summed E-state index contributed by atoms with van der Waals surface area (Å²) in [5.74, 6) is -1.99. The van der Waals surface area contributed by atoms with Gasteiger partial charge in [0.1, 0.15) is 5.69 Å². The molecule has 0 aliphatic rings. The number of amides is 1. The quantitative estimate of drug-likeness (QED) is 0.471. The summed E-state index contributed by atoms with van der Waals surface area (Å²) in [5, 5.41) is 11.0. The molecule has 1 amide bonds. The molecular formula is C13H12N4O4S. The Balaban J connectivity index is 2.20. The second-order valence-corrected chi connectivity index (χ2v) is 5.10. The van der Waals surface area contributed by atoms with Gasteiger partial charge in [0, 0.05) is 5.56 Å². The van der Waals surface area contributed by atoms with Crippen LogP contribution in [0, 0.1) is 0 Å². The van der Waals surface area contributed by atoms with E-state index in [1.165, 1.54) is 0 Å². The lowest BCUT2D eigenvalue weighted by Crippen LogP contribution is -2.23. The van der Waals surface area contributed by atoms with Gasteiger partial charge in [-0.25, -0.2) is 4.98 Å². The van der Waals surface area contributed by atoms with Gasteiger partial charge in [-0.1, -0.05) is 30.0 Å². The number of carbonyl (C=O) groups is 2. The van der Waals surface area contributed by atoms with Crippen molar-refractivity contribution in [2.24, 2.45) is 0 Å². The van der Waals surface area contributed by atoms with Gasteiger partial charge in [0.15, 0.2) is 11.0 Å². The van der Waals surface area contributed by atoms with E-state index in [4.69, 9.17) is 10.8 Å². The first-order valence-corrected chi connectivity index (χ1v) is 7.06. The lowest BCUT2D eigenvalue weighted by molar-refractivity contribution is -0.133. The van der Waals surface area contributed by atoms with Gasteiger partial charge in [-0.15, -0.1) is 0 Å². The number of carbonyl (C=O) groups excluding carboxylic acids is 1. The SMILES string of the molecule is Nc1nc(SCC(=O)O)[nH]c(=O)c1NC(=O)c1ccccc1. The highest BCUT2D eigenvalue weighted by Gasteiger charge is 2.14. The number of nitrogens with two attached hydrogens (primary N) is 1. The molecule has 114 valence electrons. The molecule has 0 fully saturated rings. The van der Waals surface area contributed by atoms with Crippen LogP contribution in [0.2, 0.25) is 0 Å². The van der Waals surface area contributed by atoms with E-state index in [-0.39, 0.29) is 22.4 Å². The number of aromatic nitrogens is 2. The fraction of sp³-hybridized carbons (Fsp3) is 0.0769. The van der Waals surface area contributed by atoms with Crippen molar-refractivity contribution in [3.63, 3.8) is 0 Å². The molecule has 0 unspecified atom stereocenters. The van der Waals surface area contributed by atoms with Gasteiger partial charge in [-0.3, -0.25) is 19.4 Å². The molecule has 0 aliphatic heterocycles. The number of nitrogens with one attached hydrogen (secondary N) is 2. The van der Waals surface area contributed by atoms with Crippen molar-refractivity contribution in [1.29, 1.82) is 0 Å². The molecule has 2 rings (SSSR count). The van der Waals surface area contributed by atoms with Gasteiger partial charge in [0.2, 0.25) is 0 Å². The minimum atomic E-state index is -1.05. The van der Waals surface area contributed by atoms with E-state index in [2.05, 4.69) is 15.3 Å². The molecule has 5 N–H and O–H groups in total. The highest BCUT2D eigenvalue weighted by Crippen LogP contribution is 2.17. The zero-order valence-corrected chi connectivity index (χ0v) is 12.0. The van der Waals surface area contributed by atoms with Gasteiger partial charge in [-0.2, -0.15) is 0 Å². The molecule has 0 radical (unpaired) electrons. The highest BCUT2D eigenvalue weighted by molar-refractivity contribution is 7.99. The number of benzene rings is 1. The lowest BCUT2D eigenvalue weighted by Gasteiger charge is -2.08. The molecule has 1 heterocycles. The van der Waals surface area contributed by atoms with Crippen molar-refractivity contribution in [3.8, 4) is 0 Å². The summed E-state index contributed by atoms with van der Waals surface area (Å²) in [5.41, 5.74) is 5.19. The van der Waals surface area contributed by atoms with E-state index in [9.17, 15) is 14.4 Å². The summed E-state index contributed by atoms with van der Waals surface area (Å²) in [6.07, 6.45) is 0. The van der Waals surface area contributed by atoms with E-state index in [1.807, 2.05) is 0 Å². The number of carboxylic acid groups (broad SMARTS) is 1. The molecule has 9 heteroatoms. The Labute approximate surface area is 128 Å². The number of hydrogen-bond acceptors (Lipinski definition) is 6. The standard InChI is InChI=1S/C13H12N4O4S/c14-10-9(15-11(20)7-4-2-1-3-5-7)12(21)17-13(16-10)22-6-8(18)19/h1-5H,6H2,(H,15,20)(H,18,19)(H3,14,16,17,21). The molecule has 22 heavy (non-hydrogen) atoms. The van der Waals surface area contributed by atoms with Crippen molar-refractivity contribution in [1.82, 2.24) is 9.97 Å². The van der Waals surface area contributed by atoms with Crippen LogP contribution in [0.3, 0.4) is 0 Å². The maximum absolute atomic E-state index is 12.0. The Hall–Kier alpha value is -2.81. The van der Waals surface area contributed by atoms with E-state index in [0.717, 1.165) is 11.8 Å². The Morgan fingerprint density at radius 3 is 2.59 bits per heavy atom. The Morgan fingerprint density at radius 1 is 1.32 bits per heavy atom. The molecule has 8 nitrogen and oxygen atoms in total. The Bertz CT molecular complexity index is 760. The maximum atomic E-state index is 12.0. The number of nitrogens with zero attached hydrogens (tertiary/aromatic N) is 1. The second-order valence-electron chi connectivity index (χ2n) is 4.13. The van der Waals surface area contributed by atoms with Gasteiger partial charge < -0.3 is 16.2 Å². The first-order chi connectivity index (χ1) is 10.5. The average Bonchev–Trinajstić information content (AvgIpc) is 2.49. The van der Waals surface area contributed by atoms with Crippen LogP contribution in [-0.4, -0.2) is 32.7 Å². The minimum absolute atomic E-state index is 0.0719. The van der Waals surface area contributed by atoms with E-state index >= 15 is 0 Å². The third kappa shape index (κ3) is 3.85. The van der Waals surface area contributed by atoms with Crippen molar-refractivity contribution < 1.29 is 14.7 Å². The van der Waals surface area contributed by atoms with Crippen LogP contribution >= 0.6 is 11.8 Å². The van der Waals surface area contributed by atoms with Crippen molar-refractivity contribution in [3.05, 3.63) is 46.2 Å². The predicted octanol–water partition coefficient (Wildman–Crippen LogP) is 0.781. The van der Waals surface area contributed by atoms with Crippen molar-refractivity contribution in [2.45, 2.75) is 5.16 Å². The van der Waals surface area contributed by atoms with Crippen LogP contribution in [0.4, 0.5) is 11.5 Å². The second kappa shape index (κ2) is 6.76. The van der Waals surface area contributed by atoms with Crippen molar-refractivity contribution >= 4 is 35.1 Å². The zero-order valence-electron chi connectivity index (χ0n) is 11.2. The number of thioether (sulfide) groups is 1. The van der Waals surface area contributed by atoms with Gasteiger partial charge in [-0.05, 0) is 12.1 Å². The number of H-pyrrole nitrogens is 1. The number of carboxylic acids is 1. The van der Waals surface area contributed by atoms with Gasteiger partial charge in [0.25, 0.3) is 11.5 Å². The average molecular weight is 320 g/mol. The molecule has 0 aliphatic carbocycles. The lowest BCUT2D eigenvalue weighted by atomic mass is 10.2. The van der Waals surface area contributed by atoms with E-state index < -0.39 is 17.4 Å². The van der Waals surface area contributed by atoms with Crippen LogP contribution in [0.1, 0.15) is 10.4 Å². The summed E-state index contributed by atoms with van der Waals surface area (Å²) >= 11 is 0.822. The number of nitrogen functional groups attached to an aromatic ring is 1. The summed E-state index contributed by atoms with van der Waals surface area (Å²) < 4.78 is 0. The Kier molecular flexibility index (Phi) is 4.79. The van der Waals surface area contributed by atoms with Gasteiger partial charge >= 0.3 is 5.97 Å². The van der Waals surface area contributed by atoms with E-state index in [1.54, 1.807) is 30.3 Å². The third-order valence-corrected chi connectivity index (χ3v) is 3.39. The van der Waals surface area contributed by atoms with Crippen molar-refractivity contribution in [2.75, 3.05) is 16.8 Å². The topological polar surface area (TPSA) is 138 Å². The number of anilines is 2. The number of hydrogen-bond donors (Lipinski definition) is 4. The number of aliphatic carboxylic acids is 1. The largest absolute Gasteiger partial charge is 0.481 e. The smallest absolute Gasteiger partial charge is 0.313 e. The summed E-state index contributed by atoms with van der Waals surface area (Å²) in [6, 6.07) is 8.31. The van der Waals surface area contributed by atoms with Crippen LogP contribution in [0.5, 0.6) is 0 Å². The molecular weight excluding hydrogens is 308 g/mol. The normalized spacial score (nSPS) is 10.2. The highest BCUT2D eigenvalue weighted by atomic mass is 32.2. The summed E-state index contributed by atoms with van der Waals surface area (Å²) in [6.45, 7) is 0. The van der Waals surface area contributed by atoms with E-state index in [0.29, 0.717) is 5.56 Å². The summed E-state index contributed by atoms with van der Waals surface area (Å²) in [4.78, 5) is 40.6. The molecule has 0 bridgehead atoms. The zero-order chi connectivity index (χ0) is 16.1. The molecule has 1 aromatic carbocycles. The van der Waals surface area contributed by atoms with Gasteiger partial charge in [0.05, 0.1) is 5.75 Å². The maximum Gasteiger partial charge on any atom is 0.313 e. The number of rotatable bonds is 5. The molecule has 0 saturated carbocycles. The molecule has 0 atom stereocenters. The fourth-order valence-corrected chi connectivity index (χ4v) is 2.15. The molecule has 0 spiro atoms. The first-order valence-electron chi connectivity index (χ1n) is 6.08. The molecule has 2 aromatic rings. The Morgan fingerprint density at radius 2 is 2.00 bits per heavy atom.